The summed E-state index contributed by atoms with van der Waals surface area (Å²) in [4.78, 5) is 20.8. The van der Waals surface area contributed by atoms with E-state index in [2.05, 4.69) is 5.10 Å². The van der Waals surface area contributed by atoms with Crippen LogP contribution in [-0.4, -0.2) is 27.2 Å². The maximum absolute atomic E-state index is 13.2. The van der Waals surface area contributed by atoms with Crippen LogP contribution in [0.1, 0.15) is 21.8 Å². The summed E-state index contributed by atoms with van der Waals surface area (Å²) < 4.78 is 2.93. The molecule has 4 rings (SSSR count). The standard InChI is InChI=1S/C21H21ClN4OS2/c1-13-9-16(22)11-18-20(13)23-21(29-18)25(19(27)12-17-5-4-8-28-17)6-7-26-15(3)10-14(2)24-26/h4-5,8-11H,6-7,12H2,1-3H3. The molecule has 0 aliphatic heterocycles. The highest BCUT2D eigenvalue weighted by atomic mass is 35.5. The van der Waals surface area contributed by atoms with E-state index in [9.17, 15) is 4.79 Å². The normalized spacial score (nSPS) is 11.3. The van der Waals surface area contributed by atoms with Gasteiger partial charge in [-0.2, -0.15) is 5.10 Å². The maximum atomic E-state index is 13.2. The Hall–Kier alpha value is -2.22. The van der Waals surface area contributed by atoms with Crippen LogP contribution in [0.2, 0.25) is 5.02 Å². The molecule has 0 unspecified atom stereocenters. The number of hydrogen-bond acceptors (Lipinski definition) is 5. The largest absolute Gasteiger partial charge is 0.286 e. The predicted molar refractivity (Wildman–Crippen MR) is 121 cm³/mol. The van der Waals surface area contributed by atoms with Gasteiger partial charge in [-0.25, -0.2) is 4.98 Å². The first-order valence-electron chi connectivity index (χ1n) is 9.31. The molecule has 8 heteroatoms. The molecule has 0 bridgehead atoms. The van der Waals surface area contributed by atoms with Gasteiger partial charge in [0.1, 0.15) is 0 Å². The number of amides is 1. The number of aromatic nitrogens is 3. The molecule has 0 fully saturated rings. The van der Waals surface area contributed by atoms with Gasteiger partial charge in [-0.3, -0.25) is 14.4 Å². The number of hydrogen-bond donors (Lipinski definition) is 0. The highest BCUT2D eigenvalue weighted by molar-refractivity contribution is 7.22. The van der Waals surface area contributed by atoms with Gasteiger partial charge < -0.3 is 0 Å². The number of anilines is 1. The number of fused-ring (bicyclic) bond motifs is 1. The number of benzene rings is 1. The Morgan fingerprint density at radius 3 is 2.76 bits per heavy atom. The molecule has 0 radical (unpaired) electrons. The molecule has 0 atom stereocenters. The molecule has 0 aliphatic rings. The third-order valence-corrected chi connectivity index (χ3v) is 6.84. The Morgan fingerprint density at radius 2 is 2.07 bits per heavy atom. The second-order valence-corrected chi connectivity index (χ2v) is 9.50. The van der Waals surface area contributed by atoms with E-state index in [1.807, 2.05) is 61.2 Å². The Bertz CT molecular complexity index is 1160. The molecule has 5 nitrogen and oxygen atoms in total. The minimum atomic E-state index is 0.0387. The predicted octanol–water partition coefficient (Wildman–Crippen LogP) is 5.41. The van der Waals surface area contributed by atoms with E-state index in [0.717, 1.165) is 32.0 Å². The molecule has 1 amide bonds. The van der Waals surface area contributed by atoms with Gasteiger partial charge in [-0.1, -0.05) is 29.0 Å². The van der Waals surface area contributed by atoms with Gasteiger partial charge in [0.25, 0.3) is 0 Å². The van der Waals surface area contributed by atoms with Gasteiger partial charge in [0.05, 0.1) is 28.9 Å². The van der Waals surface area contributed by atoms with Gasteiger partial charge in [0.2, 0.25) is 5.91 Å². The van der Waals surface area contributed by atoms with Crippen molar-refractivity contribution in [1.29, 1.82) is 0 Å². The van der Waals surface area contributed by atoms with Crippen LogP contribution in [0, 0.1) is 20.8 Å². The lowest BCUT2D eigenvalue weighted by Crippen LogP contribution is -2.35. The molecule has 150 valence electrons. The molecule has 3 heterocycles. The Morgan fingerprint density at radius 1 is 1.24 bits per heavy atom. The smallest absolute Gasteiger partial charge is 0.234 e. The zero-order valence-electron chi connectivity index (χ0n) is 16.5. The van der Waals surface area contributed by atoms with Crippen molar-refractivity contribution in [2.45, 2.75) is 33.7 Å². The van der Waals surface area contributed by atoms with Crippen molar-refractivity contribution in [1.82, 2.24) is 14.8 Å². The molecular weight excluding hydrogens is 424 g/mol. The average Bonchev–Trinajstić information content (AvgIpc) is 3.36. The van der Waals surface area contributed by atoms with Crippen LogP contribution in [0.3, 0.4) is 0 Å². The molecule has 0 saturated heterocycles. The molecule has 4 aromatic rings. The molecule has 3 aromatic heterocycles. The fourth-order valence-corrected chi connectivity index (χ4v) is 5.50. The minimum Gasteiger partial charge on any atom is -0.286 e. The summed E-state index contributed by atoms with van der Waals surface area (Å²) in [5.74, 6) is 0.0387. The lowest BCUT2D eigenvalue weighted by atomic mass is 10.2. The lowest BCUT2D eigenvalue weighted by Gasteiger charge is -2.20. The molecular formula is C21H21ClN4OS2. The van der Waals surface area contributed by atoms with Gasteiger partial charge in [-0.05, 0) is 56.0 Å². The van der Waals surface area contributed by atoms with Crippen molar-refractivity contribution < 1.29 is 4.79 Å². The lowest BCUT2D eigenvalue weighted by molar-refractivity contribution is -0.118. The molecule has 29 heavy (non-hydrogen) atoms. The van der Waals surface area contributed by atoms with Crippen LogP contribution in [0.25, 0.3) is 10.2 Å². The van der Waals surface area contributed by atoms with Crippen molar-refractivity contribution in [3.05, 3.63) is 62.6 Å². The SMILES string of the molecule is Cc1cc(C)n(CCN(C(=O)Cc2cccs2)c2nc3c(C)cc(Cl)cc3s2)n1. The number of carbonyl (C=O) groups excluding carboxylic acids is 1. The van der Waals surface area contributed by atoms with E-state index in [1.54, 1.807) is 16.2 Å². The van der Waals surface area contributed by atoms with Gasteiger partial charge >= 0.3 is 0 Å². The van der Waals surface area contributed by atoms with E-state index in [0.29, 0.717) is 29.7 Å². The third kappa shape index (κ3) is 4.37. The number of thiazole rings is 1. The summed E-state index contributed by atoms with van der Waals surface area (Å²) in [6.07, 6.45) is 0.366. The van der Waals surface area contributed by atoms with Gasteiger partial charge in [0, 0.05) is 22.1 Å². The molecule has 0 spiro atoms. The Kier molecular flexibility index (Phi) is 5.72. The molecule has 0 N–H and O–H groups in total. The Balaban J connectivity index is 1.66. The monoisotopic (exact) mass is 444 g/mol. The summed E-state index contributed by atoms with van der Waals surface area (Å²) in [6, 6.07) is 9.82. The van der Waals surface area contributed by atoms with Gasteiger partial charge in [0.15, 0.2) is 5.13 Å². The molecule has 1 aromatic carbocycles. The van der Waals surface area contributed by atoms with Crippen LogP contribution in [0.15, 0.2) is 35.7 Å². The van der Waals surface area contributed by atoms with Gasteiger partial charge in [-0.15, -0.1) is 11.3 Å². The van der Waals surface area contributed by atoms with Crippen molar-refractivity contribution in [2.24, 2.45) is 0 Å². The maximum Gasteiger partial charge on any atom is 0.234 e. The summed E-state index contributed by atoms with van der Waals surface area (Å²) in [6.45, 7) is 7.12. The number of aryl methyl sites for hydroxylation is 3. The summed E-state index contributed by atoms with van der Waals surface area (Å²) >= 11 is 9.32. The number of nitrogens with zero attached hydrogens (tertiary/aromatic N) is 4. The highest BCUT2D eigenvalue weighted by Crippen LogP contribution is 2.33. The average molecular weight is 445 g/mol. The third-order valence-electron chi connectivity index (χ3n) is 4.72. The van der Waals surface area contributed by atoms with Crippen molar-refractivity contribution in [2.75, 3.05) is 11.4 Å². The number of rotatable bonds is 6. The first kappa shape index (κ1) is 20.1. The van der Waals surface area contributed by atoms with Crippen LogP contribution >= 0.6 is 34.3 Å². The zero-order chi connectivity index (χ0) is 20.5. The van der Waals surface area contributed by atoms with Crippen LogP contribution in [0.5, 0.6) is 0 Å². The van der Waals surface area contributed by atoms with Crippen molar-refractivity contribution >= 4 is 55.5 Å². The number of halogens is 1. The zero-order valence-corrected chi connectivity index (χ0v) is 18.9. The molecule has 0 saturated carbocycles. The molecule has 0 aliphatic carbocycles. The second kappa shape index (κ2) is 8.26. The topological polar surface area (TPSA) is 51.0 Å². The van der Waals surface area contributed by atoms with E-state index < -0.39 is 0 Å². The van der Waals surface area contributed by atoms with E-state index in [-0.39, 0.29) is 5.91 Å². The summed E-state index contributed by atoms with van der Waals surface area (Å²) in [5.41, 5.74) is 3.97. The first-order valence-corrected chi connectivity index (χ1v) is 11.4. The number of thiophene rings is 1. The van der Waals surface area contributed by atoms with E-state index >= 15 is 0 Å². The Labute approximate surface area is 182 Å². The fourth-order valence-electron chi connectivity index (χ4n) is 3.34. The summed E-state index contributed by atoms with van der Waals surface area (Å²) in [7, 11) is 0. The summed E-state index contributed by atoms with van der Waals surface area (Å²) in [5, 5.41) is 7.90. The van der Waals surface area contributed by atoms with Crippen molar-refractivity contribution in [3.8, 4) is 0 Å². The van der Waals surface area contributed by atoms with E-state index in [4.69, 9.17) is 16.6 Å². The van der Waals surface area contributed by atoms with Crippen molar-refractivity contribution in [3.63, 3.8) is 0 Å². The second-order valence-electron chi connectivity index (χ2n) is 7.02. The fraction of sp³-hybridized carbons (Fsp3) is 0.286. The highest BCUT2D eigenvalue weighted by Gasteiger charge is 2.21. The number of carbonyl (C=O) groups is 1. The van der Waals surface area contributed by atoms with Crippen LogP contribution in [-0.2, 0) is 17.8 Å². The van der Waals surface area contributed by atoms with E-state index in [1.165, 1.54) is 11.3 Å². The first-order chi connectivity index (χ1) is 13.9. The quantitative estimate of drug-likeness (QED) is 0.399. The minimum absolute atomic E-state index is 0.0387. The van der Waals surface area contributed by atoms with Crippen LogP contribution in [0.4, 0.5) is 5.13 Å². The van der Waals surface area contributed by atoms with Crippen LogP contribution < -0.4 is 4.90 Å².